The average molecular weight is 306 g/mol. The summed E-state index contributed by atoms with van der Waals surface area (Å²) < 4.78 is 10.7. The SMILES string of the molecule is CNC(CCCN1CCOCC1)C(=O)OCc1ccccc1. The van der Waals surface area contributed by atoms with E-state index in [4.69, 9.17) is 9.47 Å². The second kappa shape index (κ2) is 9.56. The predicted octanol–water partition coefficient (Wildman–Crippen LogP) is 1.43. The summed E-state index contributed by atoms with van der Waals surface area (Å²) in [7, 11) is 1.81. The van der Waals surface area contributed by atoms with Crippen molar-refractivity contribution < 1.29 is 14.3 Å². The fourth-order valence-electron chi connectivity index (χ4n) is 2.55. The molecule has 1 aromatic carbocycles. The van der Waals surface area contributed by atoms with Gasteiger partial charge < -0.3 is 14.8 Å². The Hall–Kier alpha value is -1.43. The summed E-state index contributed by atoms with van der Waals surface area (Å²) >= 11 is 0. The van der Waals surface area contributed by atoms with Gasteiger partial charge >= 0.3 is 5.97 Å². The van der Waals surface area contributed by atoms with Gasteiger partial charge in [-0.3, -0.25) is 9.69 Å². The second-order valence-corrected chi connectivity index (χ2v) is 5.53. The highest BCUT2D eigenvalue weighted by atomic mass is 16.5. The Balaban J connectivity index is 1.67. The van der Waals surface area contributed by atoms with Crippen molar-refractivity contribution in [1.29, 1.82) is 0 Å². The van der Waals surface area contributed by atoms with E-state index in [2.05, 4.69) is 10.2 Å². The fourth-order valence-corrected chi connectivity index (χ4v) is 2.55. The maximum atomic E-state index is 12.1. The van der Waals surface area contributed by atoms with Crippen LogP contribution < -0.4 is 5.32 Å². The number of hydrogen-bond donors (Lipinski definition) is 1. The predicted molar refractivity (Wildman–Crippen MR) is 85.6 cm³/mol. The lowest BCUT2D eigenvalue weighted by atomic mass is 10.1. The molecule has 1 unspecified atom stereocenters. The third-order valence-corrected chi connectivity index (χ3v) is 3.93. The first-order chi connectivity index (χ1) is 10.8. The molecule has 0 spiro atoms. The normalized spacial score (nSPS) is 17.1. The van der Waals surface area contributed by atoms with Gasteiger partial charge in [0, 0.05) is 13.1 Å². The summed E-state index contributed by atoms with van der Waals surface area (Å²) in [5.41, 5.74) is 1.01. The van der Waals surface area contributed by atoms with E-state index < -0.39 is 0 Å². The van der Waals surface area contributed by atoms with Crippen molar-refractivity contribution in [3.63, 3.8) is 0 Å². The molecule has 1 aliphatic heterocycles. The molecular formula is C17H26N2O3. The quantitative estimate of drug-likeness (QED) is 0.736. The Bertz CT molecular complexity index is 433. The first-order valence-corrected chi connectivity index (χ1v) is 7.97. The number of nitrogens with zero attached hydrogens (tertiary/aromatic N) is 1. The van der Waals surface area contributed by atoms with Crippen LogP contribution in [-0.2, 0) is 20.9 Å². The zero-order chi connectivity index (χ0) is 15.6. The minimum atomic E-state index is -0.232. The Morgan fingerprint density at radius 1 is 1.32 bits per heavy atom. The number of morpholine rings is 1. The summed E-state index contributed by atoms with van der Waals surface area (Å²) in [6.45, 7) is 4.95. The van der Waals surface area contributed by atoms with Gasteiger partial charge in [-0.25, -0.2) is 0 Å². The Labute approximate surface area is 132 Å². The molecular weight excluding hydrogens is 280 g/mol. The highest BCUT2D eigenvalue weighted by molar-refractivity contribution is 5.75. The lowest BCUT2D eigenvalue weighted by Crippen LogP contribution is -2.39. The molecule has 22 heavy (non-hydrogen) atoms. The van der Waals surface area contributed by atoms with Crippen molar-refractivity contribution in [2.45, 2.75) is 25.5 Å². The number of carbonyl (C=O) groups excluding carboxylic acids is 1. The second-order valence-electron chi connectivity index (χ2n) is 5.53. The molecule has 0 radical (unpaired) electrons. The molecule has 0 bridgehead atoms. The van der Waals surface area contributed by atoms with E-state index in [1.54, 1.807) is 0 Å². The Morgan fingerprint density at radius 2 is 2.05 bits per heavy atom. The number of esters is 1. The largest absolute Gasteiger partial charge is 0.460 e. The van der Waals surface area contributed by atoms with Gasteiger partial charge in [0.2, 0.25) is 0 Å². The van der Waals surface area contributed by atoms with Crippen LogP contribution in [0, 0.1) is 0 Å². The molecule has 2 rings (SSSR count). The molecule has 1 N–H and O–H groups in total. The summed E-state index contributed by atoms with van der Waals surface area (Å²) in [6.07, 6.45) is 1.77. The minimum absolute atomic E-state index is 0.173. The topological polar surface area (TPSA) is 50.8 Å². The third kappa shape index (κ3) is 5.75. The van der Waals surface area contributed by atoms with E-state index in [1.165, 1.54) is 0 Å². The number of benzene rings is 1. The van der Waals surface area contributed by atoms with E-state index in [1.807, 2.05) is 37.4 Å². The van der Waals surface area contributed by atoms with Crippen LogP contribution in [0.4, 0.5) is 0 Å². The van der Waals surface area contributed by atoms with Crippen molar-refractivity contribution in [3.8, 4) is 0 Å². The lowest BCUT2D eigenvalue weighted by molar-refractivity contribution is -0.147. The summed E-state index contributed by atoms with van der Waals surface area (Å²) in [5, 5.41) is 3.06. The molecule has 1 aromatic rings. The van der Waals surface area contributed by atoms with Crippen LogP contribution in [-0.4, -0.2) is 56.8 Å². The molecule has 0 aliphatic carbocycles. The molecule has 0 amide bonds. The maximum Gasteiger partial charge on any atom is 0.323 e. The molecule has 0 aromatic heterocycles. The van der Waals surface area contributed by atoms with E-state index in [0.29, 0.717) is 6.61 Å². The number of hydrogen-bond acceptors (Lipinski definition) is 5. The first kappa shape index (κ1) is 16.9. The van der Waals surface area contributed by atoms with Crippen LogP contribution in [0.3, 0.4) is 0 Å². The van der Waals surface area contributed by atoms with Gasteiger partial charge in [-0.1, -0.05) is 30.3 Å². The first-order valence-electron chi connectivity index (χ1n) is 7.97. The molecule has 5 heteroatoms. The van der Waals surface area contributed by atoms with Gasteiger partial charge in [0.25, 0.3) is 0 Å². The highest BCUT2D eigenvalue weighted by Gasteiger charge is 2.18. The van der Waals surface area contributed by atoms with Crippen molar-refractivity contribution >= 4 is 5.97 Å². The molecule has 1 aliphatic rings. The molecule has 122 valence electrons. The van der Waals surface area contributed by atoms with Gasteiger partial charge in [-0.15, -0.1) is 0 Å². The van der Waals surface area contributed by atoms with E-state index in [-0.39, 0.29) is 12.0 Å². The minimum Gasteiger partial charge on any atom is -0.460 e. The van der Waals surface area contributed by atoms with Crippen molar-refractivity contribution in [1.82, 2.24) is 10.2 Å². The van der Waals surface area contributed by atoms with Crippen molar-refractivity contribution in [2.24, 2.45) is 0 Å². The summed E-state index contributed by atoms with van der Waals surface area (Å²) in [5.74, 6) is -0.173. The van der Waals surface area contributed by atoms with E-state index in [9.17, 15) is 4.79 Å². The number of ether oxygens (including phenoxy) is 2. The summed E-state index contributed by atoms with van der Waals surface area (Å²) in [4.78, 5) is 14.5. The molecule has 0 saturated carbocycles. The number of nitrogens with one attached hydrogen (secondary N) is 1. The van der Waals surface area contributed by atoms with Crippen LogP contribution in [0.25, 0.3) is 0 Å². The van der Waals surface area contributed by atoms with Crippen LogP contribution in [0.5, 0.6) is 0 Å². The van der Waals surface area contributed by atoms with Gasteiger partial charge in [0.15, 0.2) is 0 Å². The van der Waals surface area contributed by atoms with Crippen LogP contribution in [0.15, 0.2) is 30.3 Å². The molecule has 1 fully saturated rings. The maximum absolute atomic E-state index is 12.1. The Morgan fingerprint density at radius 3 is 2.73 bits per heavy atom. The number of rotatable bonds is 8. The van der Waals surface area contributed by atoms with Gasteiger partial charge in [-0.05, 0) is 32.0 Å². The Kier molecular flexibility index (Phi) is 7.36. The van der Waals surface area contributed by atoms with Gasteiger partial charge in [0.05, 0.1) is 13.2 Å². The zero-order valence-corrected chi connectivity index (χ0v) is 13.3. The van der Waals surface area contributed by atoms with E-state index in [0.717, 1.165) is 51.3 Å². The monoisotopic (exact) mass is 306 g/mol. The van der Waals surface area contributed by atoms with Crippen LogP contribution >= 0.6 is 0 Å². The fraction of sp³-hybridized carbons (Fsp3) is 0.588. The standard InChI is InChI=1S/C17H26N2O3/c1-18-16(8-5-9-19-10-12-21-13-11-19)17(20)22-14-15-6-3-2-4-7-15/h2-4,6-7,16,18H,5,8-14H2,1H3. The lowest BCUT2D eigenvalue weighted by Gasteiger charge is -2.27. The van der Waals surface area contributed by atoms with Gasteiger partial charge in [-0.2, -0.15) is 0 Å². The smallest absolute Gasteiger partial charge is 0.323 e. The van der Waals surface area contributed by atoms with Crippen molar-refractivity contribution in [3.05, 3.63) is 35.9 Å². The zero-order valence-electron chi connectivity index (χ0n) is 13.3. The van der Waals surface area contributed by atoms with Crippen molar-refractivity contribution in [2.75, 3.05) is 39.9 Å². The molecule has 1 heterocycles. The third-order valence-electron chi connectivity index (χ3n) is 3.93. The van der Waals surface area contributed by atoms with Gasteiger partial charge in [0.1, 0.15) is 12.6 Å². The van der Waals surface area contributed by atoms with E-state index >= 15 is 0 Å². The van der Waals surface area contributed by atoms with Crippen LogP contribution in [0.2, 0.25) is 0 Å². The summed E-state index contributed by atoms with van der Waals surface area (Å²) in [6, 6.07) is 9.53. The number of likely N-dealkylation sites (N-methyl/N-ethyl adjacent to an activating group) is 1. The highest BCUT2D eigenvalue weighted by Crippen LogP contribution is 2.06. The molecule has 5 nitrogen and oxygen atoms in total. The molecule has 1 atom stereocenters. The average Bonchev–Trinajstić information content (AvgIpc) is 2.58. The number of carbonyl (C=O) groups is 1. The van der Waals surface area contributed by atoms with Crippen LogP contribution in [0.1, 0.15) is 18.4 Å². The molecule has 1 saturated heterocycles.